The first-order valence-corrected chi connectivity index (χ1v) is 10.6. The fourth-order valence-electron chi connectivity index (χ4n) is 2.97. The quantitative estimate of drug-likeness (QED) is 0.615. The summed E-state index contributed by atoms with van der Waals surface area (Å²) in [6.45, 7) is 7.67. The van der Waals surface area contributed by atoms with Gasteiger partial charge in [0, 0.05) is 21.6 Å². The van der Waals surface area contributed by atoms with Gasteiger partial charge in [0.1, 0.15) is 6.04 Å². The van der Waals surface area contributed by atoms with Gasteiger partial charge in [0.15, 0.2) is 5.69 Å². The van der Waals surface area contributed by atoms with Crippen molar-refractivity contribution in [3.63, 3.8) is 0 Å². The van der Waals surface area contributed by atoms with Crippen LogP contribution in [0.4, 0.5) is 5.69 Å². The number of benzene rings is 2. The summed E-state index contributed by atoms with van der Waals surface area (Å²) < 4.78 is 3.80. The third-order valence-electron chi connectivity index (χ3n) is 4.30. The average Bonchev–Trinajstić information content (AvgIpc) is 3.21. The summed E-state index contributed by atoms with van der Waals surface area (Å²) in [5.74, 6) is -0.710. The Morgan fingerprint density at radius 2 is 1.70 bits per heavy atom. The molecule has 8 heteroatoms. The molecule has 0 aliphatic rings. The van der Waals surface area contributed by atoms with E-state index in [2.05, 4.69) is 14.9 Å². The Morgan fingerprint density at radius 3 is 2.23 bits per heavy atom. The molecule has 0 fully saturated rings. The van der Waals surface area contributed by atoms with Gasteiger partial charge in [0.25, 0.3) is 5.91 Å². The van der Waals surface area contributed by atoms with Crippen LogP contribution in [0.15, 0.2) is 53.9 Å². The second kappa shape index (κ2) is 8.93. The van der Waals surface area contributed by atoms with E-state index in [9.17, 15) is 9.59 Å². The van der Waals surface area contributed by atoms with Gasteiger partial charge in [-0.15, -0.1) is 5.10 Å². The van der Waals surface area contributed by atoms with Crippen LogP contribution in [0.3, 0.4) is 0 Å². The lowest BCUT2D eigenvalue weighted by molar-refractivity contribution is -0.123. The van der Waals surface area contributed by atoms with Crippen molar-refractivity contribution in [1.29, 1.82) is 0 Å². The van der Waals surface area contributed by atoms with E-state index in [-0.39, 0.29) is 11.6 Å². The van der Waals surface area contributed by atoms with Crippen molar-refractivity contribution in [2.45, 2.75) is 39.3 Å². The van der Waals surface area contributed by atoms with Gasteiger partial charge in [0.2, 0.25) is 5.91 Å². The molecule has 6 nitrogen and oxygen atoms in total. The summed E-state index contributed by atoms with van der Waals surface area (Å²) >= 11 is 7.14. The fourth-order valence-corrected chi connectivity index (χ4v) is 3.53. The summed E-state index contributed by atoms with van der Waals surface area (Å²) in [4.78, 5) is 28.3. The monoisotopic (exact) mass is 442 g/mol. The molecule has 1 aromatic heterocycles. The highest BCUT2D eigenvalue weighted by Crippen LogP contribution is 2.31. The zero-order chi connectivity index (χ0) is 21.9. The number of aromatic nitrogens is 2. The van der Waals surface area contributed by atoms with Crippen LogP contribution >= 0.6 is 23.1 Å². The van der Waals surface area contributed by atoms with Crippen LogP contribution in [0.2, 0.25) is 5.02 Å². The minimum absolute atomic E-state index is 0.177. The van der Waals surface area contributed by atoms with E-state index in [1.165, 1.54) is 4.90 Å². The maximum absolute atomic E-state index is 13.5. The van der Waals surface area contributed by atoms with Crippen molar-refractivity contribution in [1.82, 2.24) is 14.9 Å². The van der Waals surface area contributed by atoms with Crippen LogP contribution in [0.25, 0.3) is 0 Å². The Bertz CT molecular complexity index is 1010. The third-order valence-corrected chi connectivity index (χ3v) is 5.06. The largest absolute Gasteiger partial charge is 0.349 e. The van der Waals surface area contributed by atoms with Gasteiger partial charge >= 0.3 is 0 Å². The number of carbonyl (C=O) groups excluding carboxylic acids is 2. The molecule has 3 rings (SSSR count). The number of carbonyl (C=O) groups is 2. The van der Waals surface area contributed by atoms with Gasteiger partial charge in [-0.2, -0.15) is 0 Å². The SMILES string of the molecule is Cc1ccc([C@H](C(=O)NC(C)(C)C)N(C(=O)c2csnn2)c2ccc(Cl)cc2)cc1. The van der Waals surface area contributed by atoms with Crippen LogP contribution < -0.4 is 10.2 Å². The number of nitrogens with one attached hydrogen (secondary N) is 1. The Kier molecular flexibility index (Phi) is 6.53. The molecule has 0 radical (unpaired) electrons. The van der Waals surface area contributed by atoms with E-state index >= 15 is 0 Å². The van der Waals surface area contributed by atoms with E-state index < -0.39 is 17.5 Å². The highest BCUT2D eigenvalue weighted by molar-refractivity contribution is 7.03. The fraction of sp³-hybridized carbons (Fsp3) is 0.273. The van der Waals surface area contributed by atoms with Gasteiger partial charge in [0.05, 0.1) is 0 Å². The highest BCUT2D eigenvalue weighted by atomic mass is 35.5. The molecule has 0 aliphatic heterocycles. The van der Waals surface area contributed by atoms with E-state index in [0.29, 0.717) is 16.3 Å². The van der Waals surface area contributed by atoms with Crippen molar-refractivity contribution in [2.24, 2.45) is 0 Å². The minimum atomic E-state index is -0.903. The van der Waals surface area contributed by atoms with Crippen molar-refractivity contribution >= 4 is 40.6 Å². The van der Waals surface area contributed by atoms with E-state index in [0.717, 1.165) is 17.1 Å². The molecule has 0 spiro atoms. The Balaban J connectivity index is 2.16. The third kappa shape index (κ3) is 5.23. The number of nitrogens with zero attached hydrogens (tertiary/aromatic N) is 3. The predicted octanol–water partition coefficient (Wildman–Crippen LogP) is 4.80. The molecule has 0 saturated carbocycles. The number of hydrogen-bond donors (Lipinski definition) is 1. The zero-order valence-electron chi connectivity index (χ0n) is 17.2. The Hall–Kier alpha value is -2.77. The number of halogens is 1. The maximum Gasteiger partial charge on any atom is 0.280 e. The van der Waals surface area contributed by atoms with Gasteiger partial charge < -0.3 is 5.32 Å². The smallest absolute Gasteiger partial charge is 0.280 e. The normalized spacial score (nSPS) is 12.3. The van der Waals surface area contributed by atoms with Gasteiger partial charge in [-0.25, -0.2) is 0 Å². The number of anilines is 1. The molecular weight excluding hydrogens is 420 g/mol. The lowest BCUT2D eigenvalue weighted by Crippen LogP contribution is -2.49. The summed E-state index contributed by atoms with van der Waals surface area (Å²) in [6.07, 6.45) is 0. The summed E-state index contributed by atoms with van der Waals surface area (Å²) in [7, 11) is 0. The number of amides is 2. The van der Waals surface area contributed by atoms with Gasteiger partial charge in [-0.1, -0.05) is 45.9 Å². The topological polar surface area (TPSA) is 75.2 Å². The second-order valence-corrected chi connectivity index (χ2v) is 9.04. The zero-order valence-corrected chi connectivity index (χ0v) is 18.8. The van der Waals surface area contributed by atoms with Crippen molar-refractivity contribution in [2.75, 3.05) is 4.90 Å². The molecule has 1 atom stereocenters. The maximum atomic E-state index is 13.5. The predicted molar refractivity (Wildman–Crippen MR) is 120 cm³/mol. The van der Waals surface area contributed by atoms with Gasteiger partial charge in [-0.3, -0.25) is 14.5 Å². The van der Waals surface area contributed by atoms with Crippen LogP contribution in [0.5, 0.6) is 0 Å². The molecule has 30 heavy (non-hydrogen) atoms. The van der Waals surface area contributed by atoms with Crippen LogP contribution in [-0.4, -0.2) is 26.9 Å². The van der Waals surface area contributed by atoms with Crippen LogP contribution in [0, 0.1) is 6.92 Å². The Labute approximate surface area is 185 Å². The molecule has 156 valence electrons. The summed E-state index contributed by atoms with van der Waals surface area (Å²) in [5.41, 5.74) is 1.98. The van der Waals surface area contributed by atoms with Crippen LogP contribution in [-0.2, 0) is 4.79 Å². The molecule has 2 aromatic carbocycles. The lowest BCUT2D eigenvalue weighted by Gasteiger charge is -2.33. The molecular formula is C22H23ClN4O2S. The molecule has 3 aromatic rings. The van der Waals surface area contributed by atoms with Crippen molar-refractivity contribution in [3.8, 4) is 0 Å². The first-order valence-electron chi connectivity index (χ1n) is 9.40. The lowest BCUT2D eigenvalue weighted by atomic mass is 9.99. The number of rotatable bonds is 5. The average molecular weight is 443 g/mol. The molecule has 2 amide bonds. The first-order chi connectivity index (χ1) is 14.2. The summed E-state index contributed by atoms with van der Waals surface area (Å²) in [5, 5.41) is 9.03. The molecule has 0 saturated heterocycles. The number of aryl methyl sites for hydroxylation is 1. The summed E-state index contributed by atoms with van der Waals surface area (Å²) in [6, 6.07) is 13.4. The standard InChI is InChI=1S/C22H23ClN4O2S/c1-14-5-7-15(8-6-14)19(20(28)24-22(2,3)4)27(17-11-9-16(23)10-12-17)21(29)18-13-30-26-25-18/h5-13,19H,1-4H3,(H,24,28)/t19-/m1/s1. The van der Waals surface area contributed by atoms with E-state index in [1.54, 1.807) is 29.6 Å². The first kappa shape index (κ1) is 21.9. The molecule has 1 heterocycles. The van der Waals surface area contributed by atoms with Crippen LogP contribution in [0.1, 0.15) is 48.4 Å². The van der Waals surface area contributed by atoms with Crippen molar-refractivity contribution < 1.29 is 9.59 Å². The molecule has 0 bridgehead atoms. The molecule has 0 aliphatic carbocycles. The van der Waals surface area contributed by atoms with Crippen molar-refractivity contribution in [3.05, 3.63) is 75.8 Å². The number of hydrogen-bond acceptors (Lipinski definition) is 5. The Morgan fingerprint density at radius 1 is 1.07 bits per heavy atom. The molecule has 0 unspecified atom stereocenters. The second-order valence-electron chi connectivity index (χ2n) is 7.99. The molecule has 1 N–H and O–H groups in total. The van der Waals surface area contributed by atoms with E-state index in [1.807, 2.05) is 52.0 Å². The van der Waals surface area contributed by atoms with E-state index in [4.69, 9.17) is 11.6 Å². The van der Waals surface area contributed by atoms with Gasteiger partial charge in [-0.05, 0) is 69.1 Å². The minimum Gasteiger partial charge on any atom is -0.349 e. The highest BCUT2D eigenvalue weighted by Gasteiger charge is 2.35.